The van der Waals surface area contributed by atoms with Crippen LogP contribution in [0.2, 0.25) is 0 Å². The van der Waals surface area contributed by atoms with Crippen LogP contribution in [0.25, 0.3) is 0 Å². The van der Waals surface area contributed by atoms with Gasteiger partial charge in [-0.05, 0) is 26.3 Å². The molecule has 0 aromatic carbocycles. The third kappa shape index (κ3) is 3.38. The summed E-state index contributed by atoms with van der Waals surface area (Å²) in [6.07, 6.45) is 7.08. The summed E-state index contributed by atoms with van der Waals surface area (Å²) in [7, 11) is 0. The number of carbonyl (C=O) groups excluding carboxylic acids is 1. The monoisotopic (exact) mass is 330 g/mol. The lowest BCUT2D eigenvalue weighted by Crippen LogP contribution is -2.45. The van der Waals surface area contributed by atoms with E-state index in [1.165, 1.54) is 0 Å². The molecule has 128 valence electrons. The lowest BCUT2D eigenvalue weighted by molar-refractivity contribution is 0.0571. The van der Waals surface area contributed by atoms with Gasteiger partial charge in [-0.1, -0.05) is 0 Å². The number of anilines is 1. The summed E-state index contributed by atoms with van der Waals surface area (Å²) < 4.78 is 1.67. The van der Waals surface area contributed by atoms with Crippen molar-refractivity contribution < 1.29 is 9.90 Å². The summed E-state index contributed by atoms with van der Waals surface area (Å²) in [5.74, 6) is 0.505. The second kappa shape index (κ2) is 6.56. The maximum Gasteiger partial charge on any atom is 0.269 e. The minimum Gasteiger partial charge on any atom is -0.386 e. The SMILES string of the molecule is CC(C)n1nccc1C(=O)NC[C@@]1(O)CCN(c2cnccn2)C1. The van der Waals surface area contributed by atoms with E-state index in [2.05, 4.69) is 20.4 Å². The Morgan fingerprint density at radius 2 is 2.25 bits per heavy atom. The molecule has 2 N–H and O–H groups in total. The zero-order valence-electron chi connectivity index (χ0n) is 13.9. The van der Waals surface area contributed by atoms with Gasteiger partial charge in [-0.2, -0.15) is 5.10 Å². The summed E-state index contributed by atoms with van der Waals surface area (Å²) >= 11 is 0. The number of aromatic nitrogens is 4. The van der Waals surface area contributed by atoms with Crippen LogP contribution in [0.5, 0.6) is 0 Å². The molecule has 2 aromatic rings. The van der Waals surface area contributed by atoms with Gasteiger partial charge in [0.15, 0.2) is 0 Å². The Hall–Kier alpha value is -2.48. The van der Waals surface area contributed by atoms with Gasteiger partial charge in [-0.3, -0.25) is 14.5 Å². The average molecular weight is 330 g/mol. The number of hydrogen-bond donors (Lipinski definition) is 2. The minimum atomic E-state index is -0.976. The summed E-state index contributed by atoms with van der Waals surface area (Å²) in [5.41, 5.74) is -0.479. The first-order valence-electron chi connectivity index (χ1n) is 8.03. The number of β-amino-alcohol motifs (C(OH)–C–C–N with tert-alkyl or cyclic N) is 1. The highest BCUT2D eigenvalue weighted by atomic mass is 16.3. The molecule has 0 saturated carbocycles. The Bertz CT molecular complexity index is 702. The van der Waals surface area contributed by atoms with Gasteiger partial charge in [0, 0.05) is 44.3 Å². The van der Waals surface area contributed by atoms with Crippen LogP contribution in [0.1, 0.15) is 36.8 Å². The van der Waals surface area contributed by atoms with E-state index in [0.717, 1.165) is 5.82 Å². The second-order valence-corrected chi connectivity index (χ2v) is 6.40. The molecule has 1 aliphatic heterocycles. The first-order chi connectivity index (χ1) is 11.5. The van der Waals surface area contributed by atoms with Crippen molar-refractivity contribution in [1.82, 2.24) is 25.1 Å². The second-order valence-electron chi connectivity index (χ2n) is 6.40. The molecule has 8 heteroatoms. The van der Waals surface area contributed by atoms with Gasteiger partial charge in [0.1, 0.15) is 17.1 Å². The maximum atomic E-state index is 12.4. The maximum absolute atomic E-state index is 12.4. The normalized spacial score (nSPS) is 20.6. The molecule has 1 amide bonds. The van der Waals surface area contributed by atoms with Gasteiger partial charge in [0.05, 0.1) is 6.20 Å². The third-order valence-corrected chi connectivity index (χ3v) is 4.18. The van der Waals surface area contributed by atoms with Crippen molar-refractivity contribution in [2.24, 2.45) is 0 Å². The molecule has 24 heavy (non-hydrogen) atoms. The molecule has 0 aliphatic carbocycles. The molecular weight excluding hydrogens is 308 g/mol. The first kappa shape index (κ1) is 16.4. The number of rotatable bonds is 5. The first-order valence-corrected chi connectivity index (χ1v) is 8.03. The zero-order chi connectivity index (χ0) is 17.2. The molecule has 1 saturated heterocycles. The fourth-order valence-electron chi connectivity index (χ4n) is 2.89. The number of aliphatic hydroxyl groups is 1. The quantitative estimate of drug-likeness (QED) is 0.834. The van der Waals surface area contributed by atoms with Gasteiger partial charge in [0.25, 0.3) is 5.91 Å². The van der Waals surface area contributed by atoms with E-state index < -0.39 is 5.60 Å². The van der Waals surface area contributed by atoms with Gasteiger partial charge in [0.2, 0.25) is 0 Å². The molecule has 2 aromatic heterocycles. The molecule has 0 unspecified atom stereocenters. The number of nitrogens with zero attached hydrogens (tertiary/aromatic N) is 5. The highest BCUT2D eigenvalue weighted by molar-refractivity contribution is 5.92. The van der Waals surface area contributed by atoms with Crippen LogP contribution in [-0.2, 0) is 0 Å². The van der Waals surface area contributed by atoms with Gasteiger partial charge in [-0.25, -0.2) is 4.98 Å². The van der Waals surface area contributed by atoms with Crippen molar-refractivity contribution in [3.8, 4) is 0 Å². The summed E-state index contributed by atoms with van der Waals surface area (Å²) in [5, 5.41) is 17.7. The van der Waals surface area contributed by atoms with Crippen LogP contribution in [0, 0.1) is 0 Å². The number of nitrogens with one attached hydrogen (secondary N) is 1. The Kier molecular flexibility index (Phi) is 4.48. The fourth-order valence-corrected chi connectivity index (χ4v) is 2.89. The molecule has 0 radical (unpaired) electrons. The molecule has 0 spiro atoms. The van der Waals surface area contributed by atoms with Crippen molar-refractivity contribution in [2.45, 2.75) is 31.9 Å². The van der Waals surface area contributed by atoms with Crippen LogP contribution in [0.4, 0.5) is 5.82 Å². The highest BCUT2D eigenvalue weighted by Crippen LogP contribution is 2.24. The molecule has 1 aliphatic rings. The molecule has 1 fully saturated rings. The van der Waals surface area contributed by atoms with E-state index >= 15 is 0 Å². The van der Waals surface area contributed by atoms with Crippen LogP contribution in [-0.4, -0.2) is 56.0 Å². The van der Waals surface area contributed by atoms with Crippen molar-refractivity contribution in [3.05, 3.63) is 36.5 Å². The van der Waals surface area contributed by atoms with E-state index in [0.29, 0.717) is 25.2 Å². The fraction of sp³-hybridized carbons (Fsp3) is 0.500. The number of carbonyl (C=O) groups is 1. The number of amides is 1. The van der Waals surface area contributed by atoms with Crippen molar-refractivity contribution in [2.75, 3.05) is 24.5 Å². The smallest absolute Gasteiger partial charge is 0.269 e. The van der Waals surface area contributed by atoms with Crippen LogP contribution in [0.3, 0.4) is 0 Å². The predicted molar refractivity (Wildman–Crippen MR) is 88.8 cm³/mol. The minimum absolute atomic E-state index is 0.0995. The van der Waals surface area contributed by atoms with Crippen molar-refractivity contribution in [1.29, 1.82) is 0 Å². The lowest BCUT2D eigenvalue weighted by atomic mass is 10.0. The third-order valence-electron chi connectivity index (χ3n) is 4.18. The van der Waals surface area contributed by atoms with Crippen molar-refractivity contribution >= 4 is 11.7 Å². The Morgan fingerprint density at radius 3 is 2.96 bits per heavy atom. The van der Waals surface area contributed by atoms with Crippen LogP contribution < -0.4 is 10.2 Å². The topological polar surface area (TPSA) is 96.2 Å². The highest BCUT2D eigenvalue weighted by Gasteiger charge is 2.37. The summed E-state index contributed by atoms with van der Waals surface area (Å²) in [4.78, 5) is 22.6. The molecule has 3 rings (SSSR count). The molecule has 1 atom stereocenters. The van der Waals surface area contributed by atoms with Gasteiger partial charge >= 0.3 is 0 Å². The van der Waals surface area contributed by atoms with E-state index in [9.17, 15) is 9.90 Å². The summed E-state index contributed by atoms with van der Waals surface area (Å²) in [6.45, 7) is 5.20. The van der Waals surface area contributed by atoms with E-state index in [1.807, 2.05) is 18.7 Å². The van der Waals surface area contributed by atoms with Crippen molar-refractivity contribution in [3.63, 3.8) is 0 Å². The van der Waals surface area contributed by atoms with Crippen LogP contribution >= 0.6 is 0 Å². The molecular formula is C16H22N6O2. The van der Waals surface area contributed by atoms with Crippen LogP contribution in [0.15, 0.2) is 30.9 Å². The Balaban J connectivity index is 1.60. The molecule has 8 nitrogen and oxygen atoms in total. The van der Waals surface area contributed by atoms with E-state index in [-0.39, 0.29) is 18.5 Å². The van der Waals surface area contributed by atoms with Gasteiger partial charge in [-0.15, -0.1) is 0 Å². The largest absolute Gasteiger partial charge is 0.386 e. The average Bonchev–Trinajstić information content (AvgIpc) is 3.21. The Morgan fingerprint density at radius 1 is 1.42 bits per heavy atom. The molecule has 3 heterocycles. The standard InChI is InChI=1S/C16H22N6O2/c1-12(2)22-13(3-5-20-22)15(23)19-10-16(24)4-8-21(11-16)14-9-17-6-7-18-14/h3,5-7,9,12,24H,4,8,10-11H2,1-2H3,(H,19,23)/t16-/m0/s1. The lowest BCUT2D eigenvalue weighted by Gasteiger charge is -2.24. The number of hydrogen-bond acceptors (Lipinski definition) is 6. The van der Waals surface area contributed by atoms with E-state index in [1.54, 1.807) is 35.5 Å². The molecule has 0 bridgehead atoms. The Labute approximate surface area is 140 Å². The predicted octanol–water partition coefficient (Wildman–Crippen LogP) is 0.625. The van der Waals surface area contributed by atoms with E-state index in [4.69, 9.17) is 0 Å². The van der Waals surface area contributed by atoms with Gasteiger partial charge < -0.3 is 15.3 Å². The summed E-state index contributed by atoms with van der Waals surface area (Å²) in [6, 6.07) is 1.78. The zero-order valence-corrected chi connectivity index (χ0v) is 13.9.